The Morgan fingerprint density at radius 3 is 2.80 bits per heavy atom. The first-order chi connectivity index (χ1) is 9.79. The van der Waals surface area contributed by atoms with Gasteiger partial charge in [-0.3, -0.25) is 4.79 Å². The molecular weight excluding hydrogens is 246 g/mol. The van der Waals surface area contributed by atoms with E-state index in [9.17, 15) is 4.79 Å². The van der Waals surface area contributed by atoms with Gasteiger partial charge in [0.25, 0.3) is 0 Å². The van der Waals surface area contributed by atoms with Crippen LogP contribution in [0.5, 0.6) is 0 Å². The highest BCUT2D eigenvalue weighted by Gasteiger charge is 2.28. The van der Waals surface area contributed by atoms with Gasteiger partial charge in [0.05, 0.1) is 0 Å². The molecule has 0 aromatic heterocycles. The average molecular weight is 271 g/mol. The molecule has 1 fully saturated rings. The summed E-state index contributed by atoms with van der Waals surface area (Å²) in [6, 6.07) is 6.27. The second-order valence-electron chi connectivity index (χ2n) is 6.36. The smallest absolute Gasteiger partial charge is 0.166 e. The molecule has 0 unspecified atom stereocenters. The van der Waals surface area contributed by atoms with Gasteiger partial charge >= 0.3 is 0 Å². The molecule has 2 aliphatic rings. The molecule has 1 heterocycles. The topological polar surface area (TPSA) is 29.1 Å². The van der Waals surface area contributed by atoms with Crippen LogP contribution in [-0.4, -0.2) is 12.3 Å². The number of hydrogen-bond donors (Lipinski definition) is 1. The summed E-state index contributed by atoms with van der Waals surface area (Å²) in [5.74, 6) is 1.55. The zero-order valence-electron chi connectivity index (χ0n) is 12.5. The first-order valence-electron chi connectivity index (χ1n) is 8.15. The van der Waals surface area contributed by atoms with Crippen molar-refractivity contribution in [2.75, 3.05) is 6.54 Å². The molecule has 0 atom stereocenters. The Labute approximate surface area is 122 Å². The average Bonchev–Trinajstić information content (AvgIpc) is 2.54. The van der Waals surface area contributed by atoms with Crippen LogP contribution in [0.25, 0.3) is 0 Å². The maximum Gasteiger partial charge on any atom is 0.166 e. The van der Waals surface area contributed by atoms with Crippen molar-refractivity contribution in [2.24, 2.45) is 11.8 Å². The zero-order valence-corrected chi connectivity index (χ0v) is 12.5. The minimum absolute atomic E-state index is 0.277. The van der Waals surface area contributed by atoms with Crippen LogP contribution < -0.4 is 5.32 Å². The highest BCUT2D eigenvalue weighted by molar-refractivity contribution is 5.99. The van der Waals surface area contributed by atoms with Crippen LogP contribution in [-0.2, 0) is 13.0 Å². The minimum atomic E-state index is 0.277. The number of hydrogen-bond acceptors (Lipinski definition) is 2. The fourth-order valence-electron chi connectivity index (χ4n) is 3.82. The molecule has 1 aromatic rings. The van der Waals surface area contributed by atoms with E-state index in [1.54, 1.807) is 0 Å². The van der Waals surface area contributed by atoms with Crippen molar-refractivity contribution in [1.29, 1.82) is 0 Å². The Bertz CT molecular complexity index is 486. The first kappa shape index (κ1) is 13.8. The van der Waals surface area contributed by atoms with Gasteiger partial charge in [0, 0.05) is 18.0 Å². The normalized spacial score (nSPS) is 26.1. The van der Waals surface area contributed by atoms with Crippen molar-refractivity contribution in [2.45, 2.75) is 52.0 Å². The third kappa shape index (κ3) is 2.67. The molecule has 1 aliphatic carbocycles. The Hall–Kier alpha value is -1.15. The van der Waals surface area contributed by atoms with Gasteiger partial charge in [-0.2, -0.15) is 0 Å². The summed E-state index contributed by atoms with van der Waals surface area (Å²) in [6.45, 7) is 4.19. The standard InChI is InChI=1S/C18H25NO/c1-2-13-6-8-14(9-7-13)18(20)17-5-3-4-15-12-19-11-10-16(15)17/h3-5,13-14,19H,2,6-12H2,1H3. The van der Waals surface area contributed by atoms with Crippen molar-refractivity contribution in [3.63, 3.8) is 0 Å². The maximum absolute atomic E-state index is 12.8. The summed E-state index contributed by atoms with van der Waals surface area (Å²) in [4.78, 5) is 12.8. The van der Waals surface area contributed by atoms with Gasteiger partial charge in [0.2, 0.25) is 0 Å². The van der Waals surface area contributed by atoms with Gasteiger partial charge in [0.15, 0.2) is 5.78 Å². The molecule has 0 saturated heterocycles. The van der Waals surface area contributed by atoms with Crippen molar-refractivity contribution in [3.05, 3.63) is 34.9 Å². The van der Waals surface area contributed by atoms with E-state index >= 15 is 0 Å². The Morgan fingerprint density at radius 1 is 1.25 bits per heavy atom. The highest BCUT2D eigenvalue weighted by Crippen LogP contribution is 2.33. The van der Waals surface area contributed by atoms with Gasteiger partial charge in [0.1, 0.15) is 0 Å². The molecule has 0 bridgehead atoms. The van der Waals surface area contributed by atoms with Gasteiger partial charge in [-0.1, -0.05) is 31.5 Å². The summed E-state index contributed by atoms with van der Waals surface area (Å²) >= 11 is 0. The Morgan fingerprint density at radius 2 is 2.05 bits per heavy atom. The van der Waals surface area contributed by atoms with Gasteiger partial charge < -0.3 is 5.32 Å². The molecule has 1 N–H and O–H groups in total. The lowest BCUT2D eigenvalue weighted by Crippen LogP contribution is -2.28. The monoisotopic (exact) mass is 271 g/mol. The molecule has 3 rings (SSSR count). The Balaban J connectivity index is 1.78. The number of ketones is 1. The van der Waals surface area contributed by atoms with E-state index in [-0.39, 0.29) is 5.92 Å². The quantitative estimate of drug-likeness (QED) is 0.849. The molecule has 0 radical (unpaired) electrons. The van der Waals surface area contributed by atoms with Crippen LogP contribution in [0.4, 0.5) is 0 Å². The number of carbonyl (C=O) groups is 1. The summed E-state index contributed by atoms with van der Waals surface area (Å²) in [6.07, 6.45) is 6.94. The third-order valence-electron chi connectivity index (χ3n) is 5.20. The summed E-state index contributed by atoms with van der Waals surface area (Å²) in [5, 5.41) is 3.39. The SMILES string of the molecule is CCC1CCC(C(=O)c2cccc3c2CCNC3)CC1. The molecule has 108 valence electrons. The van der Waals surface area contributed by atoms with Crippen molar-refractivity contribution in [1.82, 2.24) is 5.32 Å². The van der Waals surface area contributed by atoms with Crippen LogP contribution in [0.1, 0.15) is 60.5 Å². The molecule has 1 saturated carbocycles. The van der Waals surface area contributed by atoms with Crippen molar-refractivity contribution < 1.29 is 4.79 Å². The lowest BCUT2D eigenvalue weighted by atomic mass is 9.76. The van der Waals surface area contributed by atoms with Crippen LogP contribution in [0.3, 0.4) is 0 Å². The van der Waals surface area contributed by atoms with Gasteiger partial charge in [-0.05, 0) is 55.7 Å². The third-order valence-corrected chi connectivity index (χ3v) is 5.20. The summed E-state index contributed by atoms with van der Waals surface area (Å²) < 4.78 is 0. The zero-order chi connectivity index (χ0) is 13.9. The van der Waals surface area contributed by atoms with E-state index in [0.717, 1.165) is 43.8 Å². The van der Waals surface area contributed by atoms with Gasteiger partial charge in [-0.15, -0.1) is 0 Å². The predicted octanol–water partition coefficient (Wildman–Crippen LogP) is 3.73. The fourth-order valence-corrected chi connectivity index (χ4v) is 3.82. The number of Topliss-reactive ketones (excluding diaryl/α,β-unsaturated/α-hetero) is 1. The molecule has 20 heavy (non-hydrogen) atoms. The van der Waals surface area contributed by atoms with E-state index in [1.807, 2.05) is 0 Å². The molecule has 2 nitrogen and oxygen atoms in total. The summed E-state index contributed by atoms with van der Waals surface area (Å²) in [5.41, 5.74) is 3.65. The maximum atomic E-state index is 12.8. The molecule has 1 aliphatic heterocycles. The lowest BCUT2D eigenvalue weighted by molar-refractivity contribution is 0.0870. The van der Waals surface area contributed by atoms with Crippen LogP contribution in [0.15, 0.2) is 18.2 Å². The number of carbonyl (C=O) groups excluding carboxylic acids is 1. The van der Waals surface area contributed by atoms with E-state index in [4.69, 9.17) is 0 Å². The lowest BCUT2D eigenvalue weighted by Gasteiger charge is -2.28. The highest BCUT2D eigenvalue weighted by atomic mass is 16.1. The van der Waals surface area contributed by atoms with Gasteiger partial charge in [-0.25, -0.2) is 0 Å². The number of rotatable bonds is 3. The minimum Gasteiger partial charge on any atom is -0.312 e. The molecule has 1 aromatic carbocycles. The largest absolute Gasteiger partial charge is 0.312 e. The van der Waals surface area contributed by atoms with Crippen LogP contribution in [0, 0.1) is 11.8 Å². The second kappa shape index (κ2) is 6.09. The van der Waals surface area contributed by atoms with Crippen molar-refractivity contribution >= 4 is 5.78 Å². The Kier molecular flexibility index (Phi) is 4.21. The van der Waals surface area contributed by atoms with E-state index < -0.39 is 0 Å². The first-order valence-corrected chi connectivity index (χ1v) is 8.15. The summed E-state index contributed by atoms with van der Waals surface area (Å²) in [7, 11) is 0. The molecular formula is C18H25NO. The fraction of sp³-hybridized carbons (Fsp3) is 0.611. The van der Waals surface area contributed by atoms with E-state index in [2.05, 4.69) is 30.4 Å². The van der Waals surface area contributed by atoms with Crippen molar-refractivity contribution in [3.8, 4) is 0 Å². The predicted molar refractivity (Wildman–Crippen MR) is 81.9 cm³/mol. The number of benzene rings is 1. The van der Waals surface area contributed by atoms with Crippen LogP contribution in [0.2, 0.25) is 0 Å². The number of fused-ring (bicyclic) bond motifs is 1. The van der Waals surface area contributed by atoms with E-state index in [1.165, 1.54) is 30.4 Å². The molecule has 2 heteroatoms. The second-order valence-corrected chi connectivity index (χ2v) is 6.36. The molecule has 0 spiro atoms. The van der Waals surface area contributed by atoms with Crippen LogP contribution >= 0.6 is 0 Å². The molecule has 0 amide bonds. The number of nitrogens with one attached hydrogen (secondary N) is 1. The van der Waals surface area contributed by atoms with E-state index in [0.29, 0.717) is 5.78 Å².